The van der Waals surface area contributed by atoms with Gasteiger partial charge in [0.25, 0.3) is 0 Å². The Hall–Kier alpha value is -0.120. The van der Waals surface area contributed by atoms with Gasteiger partial charge in [-0.05, 0) is 44.1 Å². The number of methoxy groups -OCH3 is 1. The molecular weight excluding hydrogens is 202 g/mol. The predicted molar refractivity (Wildman–Crippen MR) is 66.8 cm³/mol. The first-order valence-electron chi connectivity index (χ1n) is 6.54. The fraction of sp³-hybridized carbons (Fsp3) is 1.00. The molecule has 0 unspecified atom stereocenters. The SMILES string of the molecule is COCCCCCNCC1(C)CCOCC1. The van der Waals surface area contributed by atoms with E-state index in [1.807, 2.05) is 0 Å². The quantitative estimate of drug-likeness (QED) is 0.647. The van der Waals surface area contributed by atoms with Crippen LogP contribution in [-0.2, 0) is 9.47 Å². The van der Waals surface area contributed by atoms with Crippen LogP contribution < -0.4 is 5.32 Å². The summed E-state index contributed by atoms with van der Waals surface area (Å²) in [6.45, 7) is 7.42. The molecule has 1 heterocycles. The van der Waals surface area contributed by atoms with Crippen LogP contribution in [0, 0.1) is 5.41 Å². The second kappa shape index (κ2) is 8.04. The first kappa shape index (κ1) is 13.9. The van der Waals surface area contributed by atoms with Gasteiger partial charge in [-0.2, -0.15) is 0 Å². The molecule has 3 heteroatoms. The first-order chi connectivity index (χ1) is 7.77. The van der Waals surface area contributed by atoms with Crippen LogP contribution in [0.3, 0.4) is 0 Å². The smallest absolute Gasteiger partial charge is 0.0471 e. The van der Waals surface area contributed by atoms with E-state index in [0.717, 1.165) is 32.9 Å². The van der Waals surface area contributed by atoms with Crippen molar-refractivity contribution in [1.82, 2.24) is 5.32 Å². The molecule has 0 aromatic heterocycles. The Morgan fingerprint density at radius 2 is 1.94 bits per heavy atom. The molecule has 0 aromatic rings. The standard InChI is InChI=1S/C13H27NO2/c1-13(6-10-16-11-7-13)12-14-8-4-3-5-9-15-2/h14H,3-12H2,1-2H3. The molecule has 0 spiro atoms. The highest BCUT2D eigenvalue weighted by molar-refractivity contribution is 4.79. The average Bonchev–Trinajstić information content (AvgIpc) is 2.29. The van der Waals surface area contributed by atoms with Crippen molar-refractivity contribution in [3.8, 4) is 0 Å². The molecule has 1 N–H and O–H groups in total. The molecule has 3 nitrogen and oxygen atoms in total. The highest BCUT2D eigenvalue weighted by Gasteiger charge is 2.26. The topological polar surface area (TPSA) is 30.5 Å². The zero-order valence-electron chi connectivity index (χ0n) is 10.9. The Balaban J connectivity index is 1.93. The fourth-order valence-corrected chi connectivity index (χ4v) is 2.10. The lowest BCUT2D eigenvalue weighted by Gasteiger charge is -2.33. The first-order valence-corrected chi connectivity index (χ1v) is 6.54. The minimum atomic E-state index is 0.463. The van der Waals surface area contributed by atoms with Gasteiger partial charge in [0.05, 0.1) is 0 Å². The van der Waals surface area contributed by atoms with Gasteiger partial charge < -0.3 is 14.8 Å². The molecule has 0 aromatic carbocycles. The van der Waals surface area contributed by atoms with Gasteiger partial charge in [-0.1, -0.05) is 6.92 Å². The summed E-state index contributed by atoms with van der Waals surface area (Å²) in [7, 11) is 1.77. The summed E-state index contributed by atoms with van der Waals surface area (Å²) in [5, 5.41) is 3.58. The number of rotatable bonds is 8. The highest BCUT2D eigenvalue weighted by atomic mass is 16.5. The molecule has 96 valence electrons. The molecule has 1 aliphatic heterocycles. The van der Waals surface area contributed by atoms with Crippen molar-refractivity contribution in [2.24, 2.45) is 5.41 Å². The van der Waals surface area contributed by atoms with E-state index >= 15 is 0 Å². The van der Waals surface area contributed by atoms with Crippen molar-refractivity contribution < 1.29 is 9.47 Å². The predicted octanol–water partition coefficient (Wildman–Crippen LogP) is 2.21. The van der Waals surface area contributed by atoms with Crippen molar-refractivity contribution in [3.05, 3.63) is 0 Å². The van der Waals surface area contributed by atoms with Gasteiger partial charge in [0.1, 0.15) is 0 Å². The van der Waals surface area contributed by atoms with Gasteiger partial charge in [-0.25, -0.2) is 0 Å². The third-order valence-corrected chi connectivity index (χ3v) is 3.45. The van der Waals surface area contributed by atoms with Gasteiger partial charge in [-0.15, -0.1) is 0 Å². The van der Waals surface area contributed by atoms with E-state index in [1.165, 1.54) is 32.1 Å². The Kier molecular flexibility index (Phi) is 7.01. The van der Waals surface area contributed by atoms with Gasteiger partial charge in [0, 0.05) is 33.5 Å². The maximum Gasteiger partial charge on any atom is 0.0471 e. The van der Waals surface area contributed by atoms with Gasteiger partial charge in [0.2, 0.25) is 0 Å². The number of nitrogens with one attached hydrogen (secondary N) is 1. The monoisotopic (exact) mass is 229 g/mol. The summed E-state index contributed by atoms with van der Waals surface area (Å²) < 4.78 is 10.4. The molecule has 0 bridgehead atoms. The molecular formula is C13H27NO2. The summed E-state index contributed by atoms with van der Waals surface area (Å²) in [4.78, 5) is 0. The van der Waals surface area contributed by atoms with E-state index in [0.29, 0.717) is 5.41 Å². The van der Waals surface area contributed by atoms with Crippen LogP contribution in [-0.4, -0.2) is 40.0 Å². The molecule has 1 rings (SSSR count). The Morgan fingerprint density at radius 3 is 2.62 bits per heavy atom. The third-order valence-electron chi connectivity index (χ3n) is 3.45. The molecule has 1 fully saturated rings. The highest BCUT2D eigenvalue weighted by Crippen LogP contribution is 2.28. The Morgan fingerprint density at radius 1 is 1.19 bits per heavy atom. The minimum Gasteiger partial charge on any atom is -0.385 e. The Bertz CT molecular complexity index is 167. The number of unbranched alkanes of at least 4 members (excludes halogenated alkanes) is 2. The summed E-state index contributed by atoms with van der Waals surface area (Å²) >= 11 is 0. The van der Waals surface area contributed by atoms with E-state index in [-0.39, 0.29) is 0 Å². The lowest BCUT2D eigenvalue weighted by molar-refractivity contribution is 0.0242. The normalized spacial score (nSPS) is 19.9. The summed E-state index contributed by atoms with van der Waals surface area (Å²) in [6.07, 6.45) is 6.10. The molecule has 0 aliphatic carbocycles. The van der Waals surface area contributed by atoms with Crippen molar-refractivity contribution in [2.45, 2.75) is 39.0 Å². The van der Waals surface area contributed by atoms with E-state index in [4.69, 9.17) is 9.47 Å². The number of hydrogen-bond acceptors (Lipinski definition) is 3. The summed E-state index contributed by atoms with van der Waals surface area (Å²) in [5.41, 5.74) is 0.463. The van der Waals surface area contributed by atoms with Gasteiger partial charge >= 0.3 is 0 Å². The van der Waals surface area contributed by atoms with Gasteiger partial charge in [-0.3, -0.25) is 0 Å². The molecule has 0 radical (unpaired) electrons. The maximum atomic E-state index is 5.40. The van der Waals surface area contributed by atoms with Gasteiger partial charge in [0.15, 0.2) is 0 Å². The van der Waals surface area contributed by atoms with E-state index in [9.17, 15) is 0 Å². The van der Waals surface area contributed by atoms with Crippen LogP contribution in [0.2, 0.25) is 0 Å². The molecule has 0 amide bonds. The summed E-state index contributed by atoms with van der Waals surface area (Å²) in [6, 6.07) is 0. The van der Waals surface area contributed by atoms with Crippen LogP contribution >= 0.6 is 0 Å². The van der Waals surface area contributed by atoms with Crippen molar-refractivity contribution in [1.29, 1.82) is 0 Å². The van der Waals surface area contributed by atoms with E-state index in [1.54, 1.807) is 7.11 Å². The van der Waals surface area contributed by atoms with Crippen LogP contribution in [0.25, 0.3) is 0 Å². The zero-order chi connectivity index (χ0) is 11.7. The van der Waals surface area contributed by atoms with E-state index in [2.05, 4.69) is 12.2 Å². The summed E-state index contributed by atoms with van der Waals surface area (Å²) in [5.74, 6) is 0. The van der Waals surface area contributed by atoms with E-state index < -0.39 is 0 Å². The molecule has 0 atom stereocenters. The third kappa shape index (κ3) is 5.83. The Labute approximate surface area is 99.9 Å². The second-order valence-corrected chi connectivity index (χ2v) is 5.15. The van der Waals surface area contributed by atoms with Crippen molar-refractivity contribution >= 4 is 0 Å². The van der Waals surface area contributed by atoms with Crippen LogP contribution in [0.4, 0.5) is 0 Å². The molecule has 0 saturated carbocycles. The molecule has 16 heavy (non-hydrogen) atoms. The zero-order valence-corrected chi connectivity index (χ0v) is 10.9. The largest absolute Gasteiger partial charge is 0.385 e. The maximum absolute atomic E-state index is 5.40. The molecule has 1 aliphatic rings. The average molecular weight is 229 g/mol. The fourth-order valence-electron chi connectivity index (χ4n) is 2.10. The number of ether oxygens (including phenoxy) is 2. The lowest BCUT2D eigenvalue weighted by atomic mass is 9.82. The lowest BCUT2D eigenvalue weighted by Crippen LogP contribution is -2.37. The van der Waals surface area contributed by atoms with Crippen molar-refractivity contribution in [3.63, 3.8) is 0 Å². The van der Waals surface area contributed by atoms with Crippen molar-refractivity contribution in [2.75, 3.05) is 40.0 Å². The van der Waals surface area contributed by atoms with Crippen LogP contribution in [0.15, 0.2) is 0 Å². The van der Waals surface area contributed by atoms with Crippen LogP contribution in [0.5, 0.6) is 0 Å². The molecule has 1 saturated heterocycles. The van der Waals surface area contributed by atoms with Crippen LogP contribution in [0.1, 0.15) is 39.0 Å². The number of hydrogen-bond donors (Lipinski definition) is 1. The second-order valence-electron chi connectivity index (χ2n) is 5.15. The minimum absolute atomic E-state index is 0.463.